The minimum atomic E-state index is 0.615. The van der Waals surface area contributed by atoms with E-state index in [1.54, 1.807) is 13.3 Å². The summed E-state index contributed by atoms with van der Waals surface area (Å²) < 4.78 is 5.10. The second-order valence-corrected chi connectivity index (χ2v) is 5.80. The average Bonchev–Trinajstić information content (AvgIpc) is 2.46. The summed E-state index contributed by atoms with van der Waals surface area (Å²) in [5, 5.41) is 0. The Morgan fingerprint density at radius 1 is 1.19 bits per heavy atom. The van der Waals surface area contributed by atoms with Crippen molar-refractivity contribution in [1.82, 2.24) is 9.97 Å². The van der Waals surface area contributed by atoms with Crippen molar-refractivity contribution in [2.24, 2.45) is 5.92 Å². The highest BCUT2D eigenvalue weighted by Crippen LogP contribution is 2.24. The van der Waals surface area contributed by atoms with E-state index in [9.17, 15) is 0 Å². The van der Waals surface area contributed by atoms with Crippen molar-refractivity contribution < 1.29 is 4.74 Å². The SMILES string of the molecule is COc1ccc(-c2cc(CC(C)C)cc(N(C)C)n2)cn1. The Labute approximate surface area is 126 Å². The van der Waals surface area contributed by atoms with E-state index >= 15 is 0 Å². The van der Waals surface area contributed by atoms with Gasteiger partial charge in [0.25, 0.3) is 0 Å². The van der Waals surface area contributed by atoms with Gasteiger partial charge in [-0.1, -0.05) is 13.8 Å². The predicted molar refractivity (Wildman–Crippen MR) is 86.9 cm³/mol. The van der Waals surface area contributed by atoms with Gasteiger partial charge >= 0.3 is 0 Å². The molecule has 2 rings (SSSR count). The van der Waals surface area contributed by atoms with Gasteiger partial charge in [-0.25, -0.2) is 9.97 Å². The van der Waals surface area contributed by atoms with Crippen molar-refractivity contribution in [3.63, 3.8) is 0 Å². The molecule has 0 saturated carbocycles. The monoisotopic (exact) mass is 285 g/mol. The van der Waals surface area contributed by atoms with Gasteiger partial charge in [0.2, 0.25) is 5.88 Å². The van der Waals surface area contributed by atoms with Crippen LogP contribution >= 0.6 is 0 Å². The summed E-state index contributed by atoms with van der Waals surface area (Å²) >= 11 is 0. The number of nitrogens with zero attached hydrogens (tertiary/aromatic N) is 3. The van der Waals surface area contributed by atoms with Gasteiger partial charge in [0, 0.05) is 31.9 Å². The third kappa shape index (κ3) is 3.94. The quantitative estimate of drug-likeness (QED) is 0.843. The largest absolute Gasteiger partial charge is 0.481 e. The van der Waals surface area contributed by atoms with Crippen LogP contribution in [0.1, 0.15) is 19.4 Å². The van der Waals surface area contributed by atoms with Crippen LogP contribution in [0.15, 0.2) is 30.5 Å². The number of hydrogen-bond donors (Lipinski definition) is 0. The number of ether oxygens (including phenoxy) is 1. The predicted octanol–water partition coefficient (Wildman–Crippen LogP) is 3.42. The van der Waals surface area contributed by atoms with Crippen molar-refractivity contribution >= 4 is 5.82 Å². The molecule has 0 aromatic carbocycles. The van der Waals surface area contributed by atoms with Crippen LogP contribution in [-0.2, 0) is 6.42 Å². The van der Waals surface area contributed by atoms with Crippen molar-refractivity contribution in [2.45, 2.75) is 20.3 Å². The molecule has 2 aromatic rings. The van der Waals surface area contributed by atoms with Gasteiger partial charge in [0.05, 0.1) is 12.8 Å². The summed E-state index contributed by atoms with van der Waals surface area (Å²) in [6.07, 6.45) is 2.85. The molecule has 0 spiro atoms. The maximum Gasteiger partial charge on any atom is 0.212 e. The fraction of sp³-hybridized carbons (Fsp3) is 0.412. The summed E-state index contributed by atoms with van der Waals surface area (Å²) in [7, 11) is 5.64. The molecule has 0 radical (unpaired) electrons. The van der Waals surface area contributed by atoms with Gasteiger partial charge in [-0.3, -0.25) is 0 Å². The lowest BCUT2D eigenvalue weighted by atomic mass is 10.0. The molecular weight excluding hydrogens is 262 g/mol. The number of hydrogen-bond acceptors (Lipinski definition) is 4. The lowest BCUT2D eigenvalue weighted by molar-refractivity contribution is 0.398. The first-order valence-electron chi connectivity index (χ1n) is 7.18. The minimum absolute atomic E-state index is 0.615. The first-order valence-corrected chi connectivity index (χ1v) is 7.18. The van der Waals surface area contributed by atoms with Crippen LogP contribution in [0.25, 0.3) is 11.3 Å². The Morgan fingerprint density at radius 2 is 1.95 bits per heavy atom. The molecule has 2 aromatic heterocycles. The van der Waals surface area contributed by atoms with Crippen LogP contribution in [0.5, 0.6) is 5.88 Å². The minimum Gasteiger partial charge on any atom is -0.481 e. The lowest BCUT2D eigenvalue weighted by Gasteiger charge is -2.16. The number of methoxy groups -OCH3 is 1. The highest BCUT2D eigenvalue weighted by molar-refractivity contribution is 5.62. The molecule has 0 aliphatic heterocycles. The number of rotatable bonds is 5. The molecule has 0 saturated heterocycles. The Morgan fingerprint density at radius 3 is 2.48 bits per heavy atom. The standard InChI is InChI=1S/C17H23N3O/c1-12(2)8-13-9-15(19-16(10-13)20(3)4)14-6-7-17(21-5)18-11-14/h6-7,9-12H,8H2,1-5H3. The van der Waals surface area contributed by atoms with Crippen molar-refractivity contribution in [1.29, 1.82) is 0 Å². The van der Waals surface area contributed by atoms with Crippen LogP contribution in [0, 0.1) is 5.92 Å². The molecular formula is C17H23N3O. The number of anilines is 1. The summed E-state index contributed by atoms with van der Waals surface area (Å²) in [5.41, 5.74) is 3.26. The third-order valence-corrected chi connectivity index (χ3v) is 3.22. The van der Waals surface area contributed by atoms with Crippen LogP contribution in [0.2, 0.25) is 0 Å². The molecule has 0 aliphatic carbocycles. The van der Waals surface area contributed by atoms with Crippen LogP contribution in [0.3, 0.4) is 0 Å². The topological polar surface area (TPSA) is 38.2 Å². The molecule has 0 amide bonds. The van der Waals surface area contributed by atoms with Gasteiger partial charge in [0.15, 0.2) is 0 Å². The smallest absolute Gasteiger partial charge is 0.212 e. The summed E-state index contributed by atoms with van der Waals surface area (Å²) in [5.74, 6) is 2.20. The van der Waals surface area contributed by atoms with Gasteiger partial charge in [0.1, 0.15) is 5.82 Å². The highest BCUT2D eigenvalue weighted by atomic mass is 16.5. The first-order chi connectivity index (χ1) is 9.99. The van der Waals surface area contributed by atoms with Crippen molar-refractivity contribution in [3.05, 3.63) is 36.0 Å². The fourth-order valence-corrected chi connectivity index (χ4v) is 2.19. The van der Waals surface area contributed by atoms with E-state index in [2.05, 4.69) is 31.0 Å². The molecule has 0 atom stereocenters. The molecule has 0 unspecified atom stereocenters. The third-order valence-electron chi connectivity index (χ3n) is 3.22. The van der Waals surface area contributed by atoms with Crippen molar-refractivity contribution in [3.8, 4) is 17.1 Å². The fourth-order valence-electron chi connectivity index (χ4n) is 2.19. The molecule has 2 heterocycles. The second kappa shape index (κ2) is 6.57. The van der Waals surface area contributed by atoms with Crippen molar-refractivity contribution in [2.75, 3.05) is 26.1 Å². The van der Waals surface area contributed by atoms with Crippen LogP contribution < -0.4 is 9.64 Å². The molecule has 4 heteroatoms. The summed E-state index contributed by atoms with van der Waals surface area (Å²) in [4.78, 5) is 11.0. The molecule has 0 bridgehead atoms. The Bertz CT molecular complexity index is 591. The maximum atomic E-state index is 5.10. The first kappa shape index (κ1) is 15.3. The molecule has 4 nitrogen and oxygen atoms in total. The van der Waals surface area contributed by atoms with Gasteiger partial charge in [-0.15, -0.1) is 0 Å². The molecule has 112 valence electrons. The van der Waals surface area contributed by atoms with E-state index in [1.165, 1.54) is 5.56 Å². The summed E-state index contributed by atoms with van der Waals surface area (Å²) in [6, 6.07) is 8.16. The normalized spacial score (nSPS) is 10.8. The summed E-state index contributed by atoms with van der Waals surface area (Å²) in [6.45, 7) is 4.45. The van der Waals surface area contributed by atoms with Crippen LogP contribution in [0.4, 0.5) is 5.82 Å². The van der Waals surface area contributed by atoms with Gasteiger partial charge in [-0.05, 0) is 36.1 Å². The van der Waals surface area contributed by atoms with E-state index < -0.39 is 0 Å². The zero-order chi connectivity index (χ0) is 15.4. The maximum absolute atomic E-state index is 5.10. The van der Waals surface area contributed by atoms with E-state index in [1.807, 2.05) is 31.1 Å². The zero-order valence-corrected chi connectivity index (χ0v) is 13.4. The van der Waals surface area contributed by atoms with E-state index in [-0.39, 0.29) is 0 Å². The molecule has 21 heavy (non-hydrogen) atoms. The molecule has 0 aliphatic rings. The Hall–Kier alpha value is -2.10. The number of aromatic nitrogens is 2. The van der Waals surface area contributed by atoms with Crippen LogP contribution in [-0.4, -0.2) is 31.2 Å². The lowest BCUT2D eigenvalue weighted by Crippen LogP contribution is -2.12. The van der Waals surface area contributed by atoms with E-state index in [0.29, 0.717) is 11.8 Å². The Kier molecular flexibility index (Phi) is 4.78. The second-order valence-electron chi connectivity index (χ2n) is 5.80. The Balaban J connectivity index is 2.42. The zero-order valence-electron chi connectivity index (χ0n) is 13.4. The molecule has 0 N–H and O–H groups in total. The number of pyridine rings is 2. The van der Waals surface area contributed by atoms with Gasteiger partial charge in [-0.2, -0.15) is 0 Å². The average molecular weight is 285 g/mol. The molecule has 0 fully saturated rings. The van der Waals surface area contributed by atoms with E-state index in [0.717, 1.165) is 23.5 Å². The van der Waals surface area contributed by atoms with Gasteiger partial charge < -0.3 is 9.64 Å². The highest BCUT2D eigenvalue weighted by Gasteiger charge is 2.08. The van der Waals surface area contributed by atoms with E-state index in [4.69, 9.17) is 9.72 Å².